The number of carboxylic acid groups (broad SMARTS) is 1. The third kappa shape index (κ3) is 2.56. The lowest BCUT2D eigenvalue weighted by Gasteiger charge is -2.62. The summed E-state index contributed by atoms with van der Waals surface area (Å²) in [5.41, 5.74) is -0.982. The minimum absolute atomic E-state index is 0.0603. The molecule has 3 heterocycles. The zero-order chi connectivity index (χ0) is 17.9. The highest BCUT2D eigenvalue weighted by Gasteiger charge is 2.63. The first-order valence-electron chi connectivity index (χ1n) is 9.12. The van der Waals surface area contributed by atoms with E-state index in [1.807, 2.05) is 0 Å². The Labute approximate surface area is 146 Å². The number of alkyl halides is 1. The van der Waals surface area contributed by atoms with Crippen LogP contribution in [0.15, 0.2) is 0 Å². The normalized spacial score (nSPS) is 38.5. The van der Waals surface area contributed by atoms with Gasteiger partial charge in [0.2, 0.25) is 0 Å². The Kier molecular flexibility index (Phi) is 3.69. The number of nitrogens with one attached hydrogen (secondary N) is 1. The monoisotopic (exact) mass is 355 g/mol. The van der Waals surface area contributed by atoms with Gasteiger partial charge in [-0.1, -0.05) is 0 Å². The lowest BCUT2D eigenvalue weighted by Crippen LogP contribution is -2.69. The topological polar surface area (TPSA) is 82.1 Å². The third-order valence-electron chi connectivity index (χ3n) is 6.98. The lowest BCUT2D eigenvalue weighted by molar-refractivity contribution is -0.141. The molecule has 25 heavy (non-hydrogen) atoms. The number of piperidine rings is 1. The van der Waals surface area contributed by atoms with Crippen molar-refractivity contribution in [2.75, 3.05) is 32.7 Å². The smallest absolute Gasteiger partial charge is 0.407 e. The second-order valence-electron chi connectivity index (χ2n) is 8.44. The summed E-state index contributed by atoms with van der Waals surface area (Å²) in [6, 6.07) is 0. The average molecular weight is 355 g/mol. The van der Waals surface area contributed by atoms with Gasteiger partial charge in [0.15, 0.2) is 0 Å². The Morgan fingerprint density at radius 2 is 1.96 bits per heavy atom. The van der Waals surface area contributed by atoms with E-state index in [1.54, 1.807) is 6.92 Å². The van der Waals surface area contributed by atoms with Crippen molar-refractivity contribution in [1.29, 1.82) is 0 Å². The van der Waals surface area contributed by atoms with Crippen LogP contribution in [0.3, 0.4) is 0 Å². The molecule has 8 heteroatoms. The summed E-state index contributed by atoms with van der Waals surface area (Å²) in [5, 5.41) is 11.9. The molecule has 7 nitrogen and oxygen atoms in total. The molecule has 0 bridgehead atoms. The first-order valence-corrected chi connectivity index (χ1v) is 9.12. The molecule has 1 atom stereocenters. The molecule has 1 saturated carbocycles. The van der Waals surface area contributed by atoms with Gasteiger partial charge in [0.25, 0.3) is 0 Å². The Balaban J connectivity index is 1.42. The Bertz CT molecular complexity index is 582. The Hall–Kier alpha value is -1.57. The van der Waals surface area contributed by atoms with E-state index < -0.39 is 23.4 Å². The predicted octanol–water partition coefficient (Wildman–Crippen LogP) is 1.82. The highest BCUT2D eigenvalue weighted by molar-refractivity contribution is 5.70. The lowest BCUT2D eigenvalue weighted by atomic mass is 9.54. The van der Waals surface area contributed by atoms with Crippen LogP contribution in [-0.2, 0) is 4.74 Å². The van der Waals surface area contributed by atoms with Gasteiger partial charge in [-0.3, -0.25) is 4.90 Å². The van der Waals surface area contributed by atoms with Crippen molar-refractivity contribution in [3.8, 4) is 0 Å². The van der Waals surface area contributed by atoms with Gasteiger partial charge >= 0.3 is 12.2 Å². The van der Waals surface area contributed by atoms with E-state index in [1.165, 1.54) is 4.90 Å². The number of likely N-dealkylation sites (tertiary alicyclic amines) is 2. The summed E-state index contributed by atoms with van der Waals surface area (Å²) < 4.78 is 20.1. The SMILES string of the molecule is CC(F)C1(N2CCC3(CC2)CNC(=O)O3)CC2(CCN(C(=O)O)C2)C1. The molecule has 4 fully saturated rings. The van der Waals surface area contributed by atoms with Crippen LogP contribution in [0.4, 0.5) is 14.0 Å². The molecule has 4 rings (SSSR count). The molecule has 3 aliphatic heterocycles. The summed E-state index contributed by atoms with van der Waals surface area (Å²) in [5.74, 6) is 0. The Morgan fingerprint density at radius 3 is 2.44 bits per heavy atom. The van der Waals surface area contributed by atoms with Crippen molar-refractivity contribution in [2.24, 2.45) is 5.41 Å². The van der Waals surface area contributed by atoms with E-state index in [0.717, 1.165) is 6.42 Å². The van der Waals surface area contributed by atoms with Crippen molar-refractivity contribution in [3.05, 3.63) is 0 Å². The van der Waals surface area contributed by atoms with Crippen LogP contribution >= 0.6 is 0 Å². The zero-order valence-electron chi connectivity index (χ0n) is 14.6. The van der Waals surface area contributed by atoms with Crippen molar-refractivity contribution in [2.45, 2.75) is 56.3 Å². The summed E-state index contributed by atoms with van der Waals surface area (Å²) >= 11 is 0. The van der Waals surface area contributed by atoms with Crippen molar-refractivity contribution < 1.29 is 23.8 Å². The molecule has 1 unspecified atom stereocenters. The van der Waals surface area contributed by atoms with Gasteiger partial charge in [-0.25, -0.2) is 14.0 Å². The number of carbonyl (C=O) groups excluding carboxylic acids is 1. The van der Waals surface area contributed by atoms with Crippen LogP contribution in [0.1, 0.15) is 39.0 Å². The fourth-order valence-corrected chi connectivity index (χ4v) is 5.53. The molecule has 2 spiro atoms. The molecule has 2 amide bonds. The molecular weight excluding hydrogens is 329 g/mol. The molecule has 4 aliphatic rings. The summed E-state index contributed by atoms with van der Waals surface area (Å²) in [4.78, 5) is 26.2. The van der Waals surface area contributed by atoms with E-state index in [9.17, 15) is 19.1 Å². The van der Waals surface area contributed by atoms with Crippen LogP contribution in [0, 0.1) is 5.41 Å². The van der Waals surface area contributed by atoms with Crippen LogP contribution in [0.25, 0.3) is 0 Å². The second kappa shape index (κ2) is 5.46. The molecule has 140 valence electrons. The maximum absolute atomic E-state index is 14.6. The van der Waals surface area contributed by atoms with Crippen LogP contribution in [0.2, 0.25) is 0 Å². The average Bonchev–Trinajstić information content (AvgIpc) is 3.11. The number of hydrogen-bond donors (Lipinski definition) is 2. The molecule has 0 aromatic carbocycles. The minimum Gasteiger partial charge on any atom is -0.465 e. The fraction of sp³-hybridized carbons (Fsp3) is 0.882. The van der Waals surface area contributed by atoms with Gasteiger partial charge in [0, 0.05) is 39.0 Å². The molecular formula is C17H26FN3O4. The quantitative estimate of drug-likeness (QED) is 0.790. The van der Waals surface area contributed by atoms with Gasteiger partial charge in [-0.15, -0.1) is 0 Å². The molecule has 1 aliphatic carbocycles. The number of carbonyl (C=O) groups is 2. The summed E-state index contributed by atoms with van der Waals surface area (Å²) in [6.45, 7) is 4.66. The number of halogens is 1. The van der Waals surface area contributed by atoms with Crippen LogP contribution in [0.5, 0.6) is 0 Å². The van der Waals surface area contributed by atoms with Gasteiger partial charge in [-0.05, 0) is 31.6 Å². The van der Waals surface area contributed by atoms with Crippen LogP contribution < -0.4 is 5.32 Å². The van der Waals surface area contributed by atoms with E-state index in [2.05, 4.69) is 10.2 Å². The van der Waals surface area contributed by atoms with Gasteiger partial charge in [0.05, 0.1) is 12.1 Å². The zero-order valence-corrected chi connectivity index (χ0v) is 14.6. The number of alkyl carbamates (subject to hydrolysis) is 1. The van der Waals surface area contributed by atoms with Gasteiger partial charge in [-0.2, -0.15) is 0 Å². The van der Waals surface area contributed by atoms with Crippen molar-refractivity contribution >= 4 is 12.2 Å². The third-order valence-corrected chi connectivity index (χ3v) is 6.98. The van der Waals surface area contributed by atoms with Gasteiger partial charge in [0.1, 0.15) is 11.8 Å². The van der Waals surface area contributed by atoms with Crippen molar-refractivity contribution in [1.82, 2.24) is 15.1 Å². The molecule has 0 radical (unpaired) electrons. The highest BCUT2D eigenvalue weighted by atomic mass is 19.1. The second-order valence-corrected chi connectivity index (χ2v) is 8.44. The molecule has 0 aromatic heterocycles. The first kappa shape index (κ1) is 16.9. The van der Waals surface area contributed by atoms with Gasteiger partial charge < -0.3 is 20.1 Å². The predicted molar refractivity (Wildman–Crippen MR) is 87.2 cm³/mol. The standard InChI is InChI=1S/C17H26FN3O4/c1-12(18)17(8-15(9-17)2-5-20(11-15)14(23)24)21-6-3-16(4-7-21)10-19-13(22)25-16/h12H,2-11H2,1H3,(H,19,22)(H,23,24). The number of ether oxygens (including phenoxy) is 1. The van der Waals surface area contributed by atoms with Crippen molar-refractivity contribution in [3.63, 3.8) is 0 Å². The maximum atomic E-state index is 14.6. The minimum atomic E-state index is -0.963. The number of nitrogens with zero attached hydrogens (tertiary/aromatic N) is 2. The van der Waals surface area contributed by atoms with E-state index >= 15 is 0 Å². The first-order chi connectivity index (χ1) is 11.8. The molecule has 3 saturated heterocycles. The van der Waals surface area contributed by atoms with E-state index in [0.29, 0.717) is 58.4 Å². The fourth-order valence-electron chi connectivity index (χ4n) is 5.53. The largest absolute Gasteiger partial charge is 0.465 e. The number of amides is 2. The summed E-state index contributed by atoms with van der Waals surface area (Å²) in [6.07, 6.45) is 1.49. The van der Waals surface area contributed by atoms with E-state index in [4.69, 9.17) is 4.74 Å². The van der Waals surface area contributed by atoms with E-state index in [-0.39, 0.29) is 11.5 Å². The Morgan fingerprint density at radius 1 is 1.28 bits per heavy atom. The highest BCUT2D eigenvalue weighted by Crippen LogP contribution is 2.59. The molecule has 2 N–H and O–H groups in total. The van der Waals surface area contributed by atoms with Crippen LogP contribution in [-0.4, -0.2) is 77.1 Å². The maximum Gasteiger partial charge on any atom is 0.407 e. The number of hydrogen-bond acceptors (Lipinski definition) is 4. The number of rotatable bonds is 2. The molecule has 0 aromatic rings. The summed E-state index contributed by atoms with van der Waals surface area (Å²) in [7, 11) is 0.